The van der Waals surface area contributed by atoms with Crippen molar-refractivity contribution in [3.63, 3.8) is 0 Å². The fourth-order valence-corrected chi connectivity index (χ4v) is 2.29. The minimum Gasteiger partial charge on any atom is -0.481 e. The van der Waals surface area contributed by atoms with E-state index in [2.05, 4.69) is 5.32 Å². The van der Waals surface area contributed by atoms with Crippen LogP contribution in [0, 0.1) is 11.8 Å². The normalized spacial score (nSPS) is 16.2. The number of nitrogens with one attached hydrogen (secondary N) is 1. The highest BCUT2D eigenvalue weighted by atomic mass is 16.4. The highest BCUT2D eigenvalue weighted by Crippen LogP contribution is 2.22. The summed E-state index contributed by atoms with van der Waals surface area (Å²) in [6.07, 6.45) is -0.0454. The van der Waals surface area contributed by atoms with Gasteiger partial charge in [-0.05, 0) is 31.1 Å². The van der Waals surface area contributed by atoms with Crippen molar-refractivity contribution < 1.29 is 14.7 Å². The Morgan fingerprint density at radius 1 is 1.35 bits per heavy atom. The van der Waals surface area contributed by atoms with Gasteiger partial charge in [0.25, 0.3) is 0 Å². The summed E-state index contributed by atoms with van der Waals surface area (Å²) in [7, 11) is 0. The lowest BCUT2D eigenvalue weighted by atomic mass is 9.87. The van der Waals surface area contributed by atoms with Gasteiger partial charge in [-0.25, -0.2) is 0 Å². The maximum absolute atomic E-state index is 12.6. The van der Waals surface area contributed by atoms with Gasteiger partial charge >= 0.3 is 5.97 Å². The molecule has 1 amide bonds. The van der Waals surface area contributed by atoms with Crippen molar-refractivity contribution >= 4 is 17.6 Å². The van der Waals surface area contributed by atoms with Crippen molar-refractivity contribution in [1.82, 2.24) is 5.32 Å². The molecule has 5 heteroatoms. The van der Waals surface area contributed by atoms with Crippen molar-refractivity contribution in [2.45, 2.75) is 13.3 Å². The molecule has 1 aliphatic rings. The van der Waals surface area contributed by atoms with Crippen molar-refractivity contribution in [2.24, 2.45) is 11.8 Å². The van der Waals surface area contributed by atoms with Crippen molar-refractivity contribution in [1.29, 1.82) is 0 Å². The molecule has 1 saturated heterocycles. The first-order chi connectivity index (χ1) is 9.59. The molecule has 108 valence electrons. The minimum absolute atomic E-state index is 0.00366. The van der Waals surface area contributed by atoms with E-state index in [1.165, 1.54) is 0 Å². The van der Waals surface area contributed by atoms with E-state index in [1.54, 1.807) is 4.90 Å². The molecule has 1 aliphatic heterocycles. The molecule has 1 aromatic rings. The smallest absolute Gasteiger partial charge is 0.305 e. The Morgan fingerprint density at radius 2 is 2.00 bits per heavy atom. The second-order valence-electron chi connectivity index (χ2n) is 5.18. The lowest BCUT2D eigenvalue weighted by Crippen LogP contribution is -2.50. The lowest BCUT2D eigenvalue weighted by Gasteiger charge is -2.35. The van der Waals surface area contributed by atoms with Gasteiger partial charge in [0, 0.05) is 18.2 Å². The average Bonchev–Trinajstić information content (AvgIpc) is 2.37. The number of carboxylic acid groups (broad SMARTS) is 1. The van der Waals surface area contributed by atoms with E-state index in [1.807, 2.05) is 37.3 Å². The van der Waals surface area contributed by atoms with E-state index in [0.29, 0.717) is 5.92 Å². The van der Waals surface area contributed by atoms with Gasteiger partial charge in [-0.1, -0.05) is 25.1 Å². The number of nitrogens with zero attached hydrogens (tertiary/aromatic N) is 1. The third-order valence-electron chi connectivity index (χ3n) is 3.79. The quantitative estimate of drug-likeness (QED) is 0.823. The largest absolute Gasteiger partial charge is 0.481 e. The zero-order valence-electron chi connectivity index (χ0n) is 11.6. The van der Waals surface area contributed by atoms with E-state index >= 15 is 0 Å². The molecule has 1 atom stereocenters. The van der Waals surface area contributed by atoms with Crippen LogP contribution in [0.1, 0.15) is 13.3 Å². The first kappa shape index (κ1) is 14.5. The van der Waals surface area contributed by atoms with Gasteiger partial charge in [-0.15, -0.1) is 0 Å². The maximum atomic E-state index is 12.6. The average molecular weight is 276 g/mol. The molecule has 0 radical (unpaired) electrons. The lowest BCUT2D eigenvalue weighted by molar-refractivity contribution is -0.136. The van der Waals surface area contributed by atoms with Crippen molar-refractivity contribution in [3.05, 3.63) is 30.3 Å². The number of rotatable bonds is 6. The van der Waals surface area contributed by atoms with Crippen LogP contribution in [-0.4, -0.2) is 36.6 Å². The number of amides is 1. The molecule has 2 rings (SSSR count). The molecule has 0 aromatic heterocycles. The van der Waals surface area contributed by atoms with Gasteiger partial charge in [0.2, 0.25) is 5.91 Å². The third kappa shape index (κ3) is 3.36. The van der Waals surface area contributed by atoms with Gasteiger partial charge in [0.15, 0.2) is 0 Å². The highest BCUT2D eigenvalue weighted by molar-refractivity contribution is 5.95. The molecular formula is C15H20N2O3. The van der Waals surface area contributed by atoms with Crippen LogP contribution >= 0.6 is 0 Å². The summed E-state index contributed by atoms with van der Waals surface area (Å²) in [6.45, 7) is 3.84. The van der Waals surface area contributed by atoms with Crippen molar-refractivity contribution in [2.75, 3.05) is 24.5 Å². The molecule has 1 heterocycles. The summed E-state index contributed by atoms with van der Waals surface area (Å²) in [5.41, 5.74) is 0.762. The van der Waals surface area contributed by atoms with E-state index in [0.717, 1.165) is 18.8 Å². The summed E-state index contributed by atoms with van der Waals surface area (Å²) in [4.78, 5) is 25.0. The zero-order valence-corrected chi connectivity index (χ0v) is 11.6. The Hall–Kier alpha value is -1.88. The summed E-state index contributed by atoms with van der Waals surface area (Å²) >= 11 is 0. The summed E-state index contributed by atoms with van der Waals surface area (Å²) in [5.74, 6) is -0.635. The Balaban J connectivity index is 2.12. The third-order valence-corrected chi connectivity index (χ3v) is 3.79. The molecular weight excluding hydrogens is 256 g/mol. The SMILES string of the molecule is CC(C(=O)N(CCC(=O)O)c1ccccc1)C1CNC1. The van der Waals surface area contributed by atoms with Crippen LogP contribution in [0.2, 0.25) is 0 Å². The first-order valence-corrected chi connectivity index (χ1v) is 6.88. The second kappa shape index (κ2) is 6.52. The van der Waals surface area contributed by atoms with Gasteiger partial charge in [-0.3, -0.25) is 9.59 Å². The first-order valence-electron chi connectivity index (χ1n) is 6.88. The minimum atomic E-state index is -0.892. The van der Waals surface area contributed by atoms with Gasteiger partial charge in [0.1, 0.15) is 0 Å². The zero-order chi connectivity index (χ0) is 14.5. The number of carbonyl (C=O) groups is 2. The molecule has 1 fully saturated rings. The second-order valence-corrected chi connectivity index (χ2v) is 5.18. The van der Waals surface area contributed by atoms with E-state index in [4.69, 9.17) is 5.11 Å². The van der Waals surface area contributed by atoms with Gasteiger partial charge in [0.05, 0.1) is 6.42 Å². The highest BCUT2D eigenvalue weighted by Gasteiger charge is 2.32. The summed E-state index contributed by atoms with van der Waals surface area (Å²) in [5, 5.41) is 12.0. The van der Waals surface area contributed by atoms with Crippen LogP contribution in [-0.2, 0) is 9.59 Å². The van der Waals surface area contributed by atoms with E-state index in [9.17, 15) is 9.59 Å². The summed E-state index contributed by atoms with van der Waals surface area (Å²) in [6, 6.07) is 9.26. The topological polar surface area (TPSA) is 69.6 Å². The van der Waals surface area contributed by atoms with Gasteiger partial charge in [-0.2, -0.15) is 0 Å². The van der Waals surface area contributed by atoms with Crippen molar-refractivity contribution in [3.8, 4) is 0 Å². The van der Waals surface area contributed by atoms with Crippen LogP contribution in [0.25, 0.3) is 0 Å². The standard InChI is InChI=1S/C15H20N2O3/c1-11(12-9-16-10-12)15(20)17(8-7-14(18)19)13-5-3-2-4-6-13/h2-6,11-12,16H,7-10H2,1H3,(H,18,19). The van der Waals surface area contributed by atoms with E-state index in [-0.39, 0.29) is 24.8 Å². The summed E-state index contributed by atoms with van der Waals surface area (Å²) < 4.78 is 0. The monoisotopic (exact) mass is 276 g/mol. The maximum Gasteiger partial charge on any atom is 0.305 e. The van der Waals surface area contributed by atoms with Gasteiger partial charge < -0.3 is 15.3 Å². The predicted octanol–water partition coefficient (Wildman–Crippen LogP) is 1.35. The van der Waals surface area contributed by atoms with Crippen LogP contribution in [0.5, 0.6) is 0 Å². The molecule has 1 unspecified atom stereocenters. The Morgan fingerprint density at radius 3 is 2.50 bits per heavy atom. The number of benzene rings is 1. The molecule has 0 bridgehead atoms. The number of carboxylic acids is 1. The number of anilines is 1. The molecule has 0 saturated carbocycles. The molecule has 20 heavy (non-hydrogen) atoms. The Bertz CT molecular complexity index is 471. The van der Waals surface area contributed by atoms with Crippen LogP contribution in [0.4, 0.5) is 5.69 Å². The molecule has 0 spiro atoms. The predicted molar refractivity (Wildman–Crippen MR) is 76.6 cm³/mol. The number of hydrogen-bond acceptors (Lipinski definition) is 3. The number of para-hydroxylation sites is 1. The van der Waals surface area contributed by atoms with Crippen LogP contribution in [0.3, 0.4) is 0 Å². The molecule has 0 aliphatic carbocycles. The number of carbonyl (C=O) groups excluding carboxylic acids is 1. The molecule has 5 nitrogen and oxygen atoms in total. The Kier molecular flexibility index (Phi) is 4.74. The van der Waals surface area contributed by atoms with E-state index < -0.39 is 5.97 Å². The Labute approximate surface area is 118 Å². The molecule has 2 N–H and O–H groups in total. The molecule has 1 aromatic carbocycles. The fourth-order valence-electron chi connectivity index (χ4n) is 2.29. The number of hydrogen-bond donors (Lipinski definition) is 2. The fraction of sp³-hybridized carbons (Fsp3) is 0.467. The number of aliphatic carboxylic acids is 1. The van der Waals surface area contributed by atoms with Crippen LogP contribution < -0.4 is 10.2 Å². The van der Waals surface area contributed by atoms with Crippen LogP contribution in [0.15, 0.2) is 30.3 Å².